The van der Waals surface area contributed by atoms with Crippen LogP contribution in [0.25, 0.3) is 44.2 Å². The van der Waals surface area contributed by atoms with Crippen LogP contribution in [0.5, 0.6) is 0 Å². The van der Waals surface area contributed by atoms with Gasteiger partial charge in [0.25, 0.3) is 5.56 Å². The molecule has 1 fully saturated rings. The summed E-state index contributed by atoms with van der Waals surface area (Å²) in [7, 11) is 0. The smallest absolute Gasteiger partial charge is 0.257 e. The molecule has 0 spiro atoms. The van der Waals surface area contributed by atoms with E-state index in [9.17, 15) is 4.79 Å². The summed E-state index contributed by atoms with van der Waals surface area (Å²) in [6.07, 6.45) is 2.37. The van der Waals surface area contributed by atoms with Crippen LogP contribution in [0.4, 0.5) is 0 Å². The summed E-state index contributed by atoms with van der Waals surface area (Å²) in [5, 5.41) is 2.15. The predicted molar refractivity (Wildman–Crippen MR) is 144 cm³/mol. The van der Waals surface area contributed by atoms with Gasteiger partial charge in [-0.3, -0.25) is 9.69 Å². The number of rotatable bonds is 5. The maximum Gasteiger partial charge on any atom is 0.257 e. The van der Waals surface area contributed by atoms with Crippen molar-refractivity contribution in [2.24, 2.45) is 11.7 Å². The maximum absolute atomic E-state index is 13.0. The third kappa shape index (κ3) is 4.41. The van der Waals surface area contributed by atoms with Crippen LogP contribution >= 0.6 is 0 Å². The van der Waals surface area contributed by atoms with Gasteiger partial charge in [-0.1, -0.05) is 42.5 Å². The Morgan fingerprint density at radius 2 is 1.54 bits per heavy atom. The summed E-state index contributed by atoms with van der Waals surface area (Å²) in [5.41, 5.74) is 12.7. The Balaban J connectivity index is 1.31. The van der Waals surface area contributed by atoms with Gasteiger partial charge in [0, 0.05) is 23.0 Å². The number of aromatic nitrogens is 2. The van der Waals surface area contributed by atoms with Gasteiger partial charge < -0.3 is 15.7 Å². The Morgan fingerprint density at radius 3 is 2.34 bits per heavy atom. The van der Waals surface area contributed by atoms with E-state index in [1.165, 1.54) is 18.4 Å². The number of H-pyrrole nitrogens is 2. The van der Waals surface area contributed by atoms with Crippen LogP contribution in [0.1, 0.15) is 18.4 Å². The second kappa shape index (κ2) is 9.17. The molecule has 1 saturated heterocycles. The number of nitrogens with zero attached hydrogens (tertiary/aromatic N) is 1. The van der Waals surface area contributed by atoms with Crippen molar-refractivity contribution in [2.75, 3.05) is 19.6 Å². The highest BCUT2D eigenvalue weighted by Gasteiger charge is 2.18. The van der Waals surface area contributed by atoms with E-state index in [1.54, 1.807) is 0 Å². The molecule has 0 saturated carbocycles. The Hall–Kier alpha value is -3.67. The number of hydrogen-bond acceptors (Lipinski definition) is 3. The van der Waals surface area contributed by atoms with Crippen LogP contribution in [-0.4, -0.2) is 34.5 Å². The molecule has 0 unspecified atom stereocenters. The average molecular weight is 463 g/mol. The van der Waals surface area contributed by atoms with Gasteiger partial charge in [0.15, 0.2) is 0 Å². The lowest BCUT2D eigenvalue weighted by molar-refractivity contribution is 0.180. The monoisotopic (exact) mass is 462 g/mol. The predicted octanol–water partition coefficient (Wildman–Crippen LogP) is 5.51. The summed E-state index contributed by atoms with van der Waals surface area (Å²) in [4.78, 5) is 22.0. The highest BCUT2D eigenvalue weighted by Crippen LogP contribution is 2.28. The molecule has 1 aliphatic rings. The quantitative estimate of drug-likeness (QED) is 0.322. The van der Waals surface area contributed by atoms with Crippen molar-refractivity contribution in [3.63, 3.8) is 0 Å². The summed E-state index contributed by atoms with van der Waals surface area (Å²) in [5.74, 6) is 0.671. The Bertz CT molecular complexity index is 1540. The first kappa shape index (κ1) is 21.8. The van der Waals surface area contributed by atoms with Crippen LogP contribution < -0.4 is 11.3 Å². The van der Waals surface area contributed by atoms with Crippen molar-refractivity contribution in [1.82, 2.24) is 14.9 Å². The number of benzene rings is 3. The second-order valence-electron chi connectivity index (χ2n) is 9.74. The van der Waals surface area contributed by atoms with E-state index in [4.69, 9.17) is 5.73 Å². The van der Waals surface area contributed by atoms with E-state index in [0.717, 1.165) is 64.8 Å². The molecular formula is C30H30N4O. The van der Waals surface area contributed by atoms with E-state index < -0.39 is 0 Å². The first-order valence-electron chi connectivity index (χ1n) is 12.4. The molecule has 1 aliphatic heterocycles. The number of pyridine rings is 1. The lowest BCUT2D eigenvalue weighted by atomic mass is 9.97. The van der Waals surface area contributed by atoms with Gasteiger partial charge in [0.05, 0.1) is 11.3 Å². The fourth-order valence-electron chi connectivity index (χ4n) is 5.28. The van der Waals surface area contributed by atoms with E-state index in [0.29, 0.717) is 11.5 Å². The Morgan fingerprint density at radius 1 is 0.800 bits per heavy atom. The first-order chi connectivity index (χ1) is 17.2. The van der Waals surface area contributed by atoms with E-state index >= 15 is 0 Å². The van der Waals surface area contributed by atoms with E-state index in [-0.39, 0.29) is 5.56 Å². The van der Waals surface area contributed by atoms with Crippen molar-refractivity contribution in [3.05, 3.63) is 94.8 Å². The van der Waals surface area contributed by atoms with E-state index in [2.05, 4.69) is 63.4 Å². The molecule has 0 atom stereocenters. The molecule has 176 valence electrons. The standard InChI is InChI=1S/C30H30N4O/c31-18-20-10-12-34(13-11-20)19-21-6-8-27-24(14-21)17-29(32-27)26-16-25-15-23(22-4-2-1-3-5-22)7-9-28(25)33-30(26)35/h1-9,14-17,20,32H,10-13,18-19,31H2,(H,33,35). The molecule has 5 aromatic rings. The van der Waals surface area contributed by atoms with E-state index in [1.807, 2.05) is 30.3 Å². The molecule has 35 heavy (non-hydrogen) atoms. The second-order valence-corrected chi connectivity index (χ2v) is 9.74. The number of piperidine rings is 1. The van der Waals surface area contributed by atoms with Crippen molar-refractivity contribution in [1.29, 1.82) is 0 Å². The van der Waals surface area contributed by atoms with Gasteiger partial charge in [-0.25, -0.2) is 0 Å². The number of nitrogens with two attached hydrogens (primary N) is 1. The largest absolute Gasteiger partial charge is 0.354 e. The van der Waals surface area contributed by atoms with Crippen molar-refractivity contribution >= 4 is 21.8 Å². The van der Waals surface area contributed by atoms with Crippen LogP contribution in [0.2, 0.25) is 0 Å². The number of likely N-dealkylation sites (tertiary alicyclic amines) is 1. The molecule has 6 rings (SSSR count). The third-order valence-corrected chi connectivity index (χ3v) is 7.37. The number of fused-ring (bicyclic) bond motifs is 2. The van der Waals surface area contributed by atoms with Crippen molar-refractivity contribution in [3.8, 4) is 22.4 Å². The van der Waals surface area contributed by atoms with Gasteiger partial charge in [-0.15, -0.1) is 0 Å². The summed E-state index contributed by atoms with van der Waals surface area (Å²) in [6.45, 7) is 3.96. The topological polar surface area (TPSA) is 77.9 Å². The zero-order valence-electron chi connectivity index (χ0n) is 19.8. The summed E-state index contributed by atoms with van der Waals surface area (Å²) < 4.78 is 0. The highest BCUT2D eigenvalue weighted by molar-refractivity contribution is 5.90. The molecule has 0 radical (unpaired) electrons. The minimum absolute atomic E-state index is 0.0838. The molecule has 2 aromatic heterocycles. The Labute approximate surface area is 204 Å². The lowest BCUT2D eigenvalue weighted by Crippen LogP contribution is -2.35. The van der Waals surface area contributed by atoms with Crippen LogP contribution in [0, 0.1) is 5.92 Å². The fourth-order valence-corrected chi connectivity index (χ4v) is 5.28. The van der Waals surface area contributed by atoms with Crippen molar-refractivity contribution < 1.29 is 0 Å². The molecule has 5 nitrogen and oxygen atoms in total. The normalized spacial score (nSPS) is 15.2. The molecule has 0 bridgehead atoms. The van der Waals surface area contributed by atoms with Crippen molar-refractivity contribution in [2.45, 2.75) is 19.4 Å². The number of nitrogens with one attached hydrogen (secondary N) is 2. The number of aromatic amines is 2. The van der Waals surface area contributed by atoms with Gasteiger partial charge in [0.2, 0.25) is 0 Å². The zero-order chi connectivity index (χ0) is 23.8. The maximum atomic E-state index is 13.0. The summed E-state index contributed by atoms with van der Waals surface area (Å²) >= 11 is 0. The highest BCUT2D eigenvalue weighted by atomic mass is 16.1. The fraction of sp³-hybridized carbons (Fsp3) is 0.233. The Kier molecular flexibility index (Phi) is 5.72. The molecular weight excluding hydrogens is 432 g/mol. The number of hydrogen-bond donors (Lipinski definition) is 3. The van der Waals surface area contributed by atoms with Gasteiger partial charge in [-0.2, -0.15) is 0 Å². The first-order valence-corrected chi connectivity index (χ1v) is 12.4. The molecule has 0 aliphatic carbocycles. The van der Waals surface area contributed by atoms with Gasteiger partial charge in [-0.05, 0) is 96.9 Å². The molecule has 4 N–H and O–H groups in total. The van der Waals surface area contributed by atoms with Gasteiger partial charge in [0.1, 0.15) is 0 Å². The van der Waals surface area contributed by atoms with Crippen LogP contribution in [-0.2, 0) is 6.54 Å². The summed E-state index contributed by atoms with van der Waals surface area (Å²) in [6, 6.07) is 27.1. The molecule has 3 heterocycles. The third-order valence-electron chi connectivity index (χ3n) is 7.37. The van der Waals surface area contributed by atoms with Crippen LogP contribution in [0.3, 0.4) is 0 Å². The molecule has 5 heteroatoms. The average Bonchev–Trinajstić information content (AvgIpc) is 3.32. The minimum Gasteiger partial charge on any atom is -0.354 e. The lowest BCUT2D eigenvalue weighted by Gasteiger charge is -2.31. The van der Waals surface area contributed by atoms with Crippen LogP contribution in [0.15, 0.2) is 83.7 Å². The SMILES string of the molecule is NCC1CCN(Cc2ccc3[nH]c(-c4cc5cc(-c6ccccc6)ccc5[nH]c4=O)cc3c2)CC1. The molecule has 0 amide bonds. The molecule has 3 aromatic carbocycles. The zero-order valence-corrected chi connectivity index (χ0v) is 19.8. The van der Waals surface area contributed by atoms with Gasteiger partial charge >= 0.3 is 0 Å². The minimum atomic E-state index is -0.0838.